The van der Waals surface area contributed by atoms with E-state index < -0.39 is 22.8 Å². The normalized spacial score (nSPS) is 22.0. The fourth-order valence-corrected chi connectivity index (χ4v) is 9.18. The molecule has 0 bridgehead atoms. The predicted molar refractivity (Wildman–Crippen MR) is 213 cm³/mol. The summed E-state index contributed by atoms with van der Waals surface area (Å²) >= 11 is 0. The van der Waals surface area contributed by atoms with Gasteiger partial charge >= 0.3 is 11.9 Å². The lowest BCUT2D eigenvalue weighted by Gasteiger charge is -2.19. The van der Waals surface area contributed by atoms with Gasteiger partial charge < -0.3 is 20.0 Å². The number of fused-ring (bicyclic) bond motifs is 4. The summed E-state index contributed by atoms with van der Waals surface area (Å²) in [6.45, 7) is 0.629. The number of amides is 2. The van der Waals surface area contributed by atoms with Gasteiger partial charge in [-0.1, -0.05) is 84.9 Å². The van der Waals surface area contributed by atoms with E-state index in [2.05, 4.69) is 0 Å². The van der Waals surface area contributed by atoms with Crippen molar-refractivity contribution in [1.82, 2.24) is 0 Å². The van der Waals surface area contributed by atoms with Crippen molar-refractivity contribution in [3.05, 3.63) is 202 Å². The van der Waals surface area contributed by atoms with Gasteiger partial charge in [0.1, 0.15) is 11.6 Å². The Hall–Kier alpha value is -6.94. The zero-order chi connectivity index (χ0) is 40.3. The van der Waals surface area contributed by atoms with Gasteiger partial charge in [0.15, 0.2) is 0 Å². The topological polar surface area (TPSA) is 115 Å². The maximum Gasteiger partial charge on any atom is 0.335 e. The van der Waals surface area contributed by atoms with Crippen LogP contribution in [0.3, 0.4) is 0 Å². The molecule has 2 heterocycles. The van der Waals surface area contributed by atoms with Gasteiger partial charge in [0, 0.05) is 23.2 Å². The Labute approximate surface area is 332 Å². The monoisotopic (exact) mass is 774 g/mol. The minimum absolute atomic E-state index is 0.0205. The van der Waals surface area contributed by atoms with Crippen molar-refractivity contribution in [2.75, 3.05) is 9.80 Å². The number of nitrogens with zero attached hydrogens (tertiary/aromatic N) is 2. The largest absolute Gasteiger partial charge is 0.478 e. The van der Waals surface area contributed by atoms with Crippen molar-refractivity contribution >= 4 is 35.1 Å². The van der Waals surface area contributed by atoms with E-state index in [0.717, 1.165) is 44.8 Å². The van der Waals surface area contributed by atoms with Gasteiger partial charge in [0.2, 0.25) is 11.8 Å². The van der Waals surface area contributed by atoms with Gasteiger partial charge in [-0.25, -0.2) is 18.4 Å². The van der Waals surface area contributed by atoms with Gasteiger partial charge in [0.05, 0.1) is 35.0 Å². The van der Waals surface area contributed by atoms with E-state index >= 15 is 0 Å². The average molecular weight is 775 g/mol. The number of rotatable bonds is 8. The Morgan fingerprint density at radius 1 is 0.534 bits per heavy atom. The number of benzene rings is 6. The van der Waals surface area contributed by atoms with Crippen LogP contribution in [0.1, 0.15) is 78.8 Å². The van der Waals surface area contributed by atoms with E-state index in [4.69, 9.17) is 0 Å². The number of aromatic carboxylic acids is 2. The number of anilines is 2. The van der Waals surface area contributed by atoms with Gasteiger partial charge in [-0.2, -0.15) is 0 Å². The summed E-state index contributed by atoms with van der Waals surface area (Å²) in [4.78, 5) is 53.2. The lowest BCUT2D eigenvalue weighted by Crippen LogP contribution is -2.32. The molecule has 10 heteroatoms. The molecule has 0 saturated heterocycles. The first-order valence-electron chi connectivity index (χ1n) is 19.0. The van der Waals surface area contributed by atoms with Crippen LogP contribution in [-0.4, -0.2) is 34.0 Å². The maximum absolute atomic E-state index is 13.6. The highest BCUT2D eigenvalue weighted by Crippen LogP contribution is 2.67. The SMILES string of the molecule is O=C(O)c1cccc(CN2C(=O)[C@@]3(C[C@H]3c3ccc(F)cc3)c3ccccc32)c1.O=C(O)c1cccc(CN2C(=O)[C@]3(C[C@@H]3c3ccc(F)cc3)c3ccccc32)c1. The third-order valence-corrected chi connectivity index (χ3v) is 12.1. The summed E-state index contributed by atoms with van der Waals surface area (Å²) in [7, 11) is 0. The number of halogens is 2. The molecule has 2 spiro atoms. The first-order valence-corrected chi connectivity index (χ1v) is 19.0. The Kier molecular flexibility index (Phi) is 8.80. The predicted octanol–water partition coefficient (Wildman–Crippen LogP) is 8.99. The standard InChI is InChI=1S/2C24H18FNO3/c2*25-18-10-8-16(9-11-18)20-13-24(20)19-6-1-2-7-21(19)26(23(24)29)14-15-4-3-5-17(12-15)22(27)28/h2*1-12,20H,13-14H2,(H,27,28)/t2*20-,24-/m10/s1. The second kappa shape index (κ2) is 13.9. The molecule has 6 aromatic carbocycles. The quantitative estimate of drug-likeness (QED) is 0.160. The number of carboxylic acid groups (broad SMARTS) is 2. The molecule has 0 aromatic heterocycles. The number of carbonyl (C=O) groups excluding carboxylic acids is 2. The molecule has 2 N–H and O–H groups in total. The molecular formula is C48H36F2N2O6. The highest BCUT2D eigenvalue weighted by Gasteiger charge is 2.68. The van der Waals surface area contributed by atoms with E-state index in [0.29, 0.717) is 25.9 Å². The summed E-state index contributed by atoms with van der Waals surface area (Å²) in [6.07, 6.45) is 1.39. The van der Waals surface area contributed by atoms with Gasteiger partial charge in [-0.15, -0.1) is 0 Å². The van der Waals surface area contributed by atoms with Crippen molar-refractivity contribution in [3.8, 4) is 0 Å². The van der Waals surface area contributed by atoms with Gasteiger partial charge in [-0.05, 0) is 107 Å². The summed E-state index contributed by atoms with van der Waals surface area (Å²) in [6, 6.07) is 41.6. The van der Waals surface area contributed by atoms with E-state index in [9.17, 15) is 38.2 Å². The second-order valence-electron chi connectivity index (χ2n) is 15.4. The third kappa shape index (κ3) is 6.03. The smallest absolute Gasteiger partial charge is 0.335 e. The molecule has 288 valence electrons. The summed E-state index contributed by atoms with van der Waals surface area (Å²) in [5.41, 5.74) is 6.35. The fourth-order valence-electron chi connectivity index (χ4n) is 9.18. The van der Waals surface area contributed by atoms with Crippen LogP contribution in [0.2, 0.25) is 0 Å². The van der Waals surface area contributed by atoms with Crippen LogP contribution in [0.4, 0.5) is 20.2 Å². The van der Waals surface area contributed by atoms with Crippen molar-refractivity contribution in [2.24, 2.45) is 0 Å². The van der Waals surface area contributed by atoms with Crippen LogP contribution in [0, 0.1) is 11.6 Å². The van der Waals surface area contributed by atoms with Crippen LogP contribution in [0.5, 0.6) is 0 Å². The molecule has 2 amide bonds. The Bertz CT molecular complexity index is 2460. The van der Waals surface area contributed by atoms with Crippen LogP contribution in [0.15, 0.2) is 146 Å². The Balaban J connectivity index is 0.000000150. The highest BCUT2D eigenvalue weighted by atomic mass is 19.1. The second-order valence-corrected chi connectivity index (χ2v) is 15.4. The van der Waals surface area contributed by atoms with Crippen LogP contribution in [0.25, 0.3) is 0 Å². The minimum atomic E-state index is -0.991. The molecule has 10 rings (SSSR count). The minimum Gasteiger partial charge on any atom is -0.478 e. The molecule has 58 heavy (non-hydrogen) atoms. The number of carbonyl (C=O) groups is 4. The lowest BCUT2D eigenvalue weighted by molar-refractivity contribution is -0.121. The van der Waals surface area contributed by atoms with E-state index in [-0.39, 0.29) is 46.4 Å². The molecule has 4 aliphatic rings. The molecule has 2 aliphatic carbocycles. The summed E-state index contributed by atoms with van der Waals surface area (Å²) < 4.78 is 26.7. The highest BCUT2D eigenvalue weighted by molar-refractivity contribution is 6.12. The molecule has 2 saturated carbocycles. The number of carboxylic acids is 2. The van der Waals surface area contributed by atoms with Crippen LogP contribution < -0.4 is 9.80 Å². The Morgan fingerprint density at radius 2 is 0.914 bits per heavy atom. The molecule has 8 nitrogen and oxygen atoms in total. The summed E-state index contributed by atoms with van der Waals surface area (Å²) in [5, 5.41) is 18.5. The van der Waals surface area contributed by atoms with Crippen molar-refractivity contribution in [3.63, 3.8) is 0 Å². The zero-order valence-electron chi connectivity index (χ0n) is 31.0. The molecule has 0 unspecified atom stereocenters. The first kappa shape index (κ1) is 36.7. The van der Waals surface area contributed by atoms with Gasteiger partial charge in [0.25, 0.3) is 0 Å². The molecular weight excluding hydrogens is 739 g/mol. The van der Waals surface area contributed by atoms with Crippen molar-refractivity contribution in [1.29, 1.82) is 0 Å². The Morgan fingerprint density at radius 3 is 1.29 bits per heavy atom. The molecule has 0 radical (unpaired) electrons. The van der Waals surface area contributed by atoms with E-state index in [1.165, 1.54) is 24.3 Å². The summed E-state index contributed by atoms with van der Waals surface area (Å²) in [5.74, 6) is -2.48. The van der Waals surface area contributed by atoms with Crippen molar-refractivity contribution in [2.45, 2.75) is 48.6 Å². The van der Waals surface area contributed by atoms with Gasteiger partial charge in [-0.3, -0.25) is 9.59 Å². The van der Waals surface area contributed by atoms with Crippen LogP contribution >= 0.6 is 0 Å². The average Bonchev–Trinajstić information content (AvgIpc) is 4.14. The third-order valence-electron chi connectivity index (χ3n) is 12.1. The van der Waals surface area contributed by atoms with E-state index in [1.54, 1.807) is 70.5 Å². The molecule has 6 aromatic rings. The number of hydrogen-bond donors (Lipinski definition) is 2. The fraction of sp³-hybridized carbons (Fsp3) is 0.167. The molecule has 2 aliphatic heterocycles. The van der Waals surface area contributed by atoms with Crippen molar-refractivity contribution < 1.29 is 38.2 Å². The molecule has 2 fully saturated rings. The lowest BCUT2D eigenvalue weighted by atomic mass is 9.92. The first-order chi connectivity index (χ1) is 28.0. The maximum atomic E-state index is 13.6. The number of para-hydroxylation sites is 2. The molecule has 4 atom stereocenters. The van der Waals surface area contributed by atoms with E-state index in [1.807, 2.05) is 60.7 Å². The number of hydrogen-bond acceptors (Lipinski definition) is 4. The van der Waals surface area contributed by atoms with Crippen LogP contribution in [-0.2, 0) is 33.5 Å². The zero-order valence-corrected chi connectivity index (χ0v) is 31.0.